The molecule has 1 aromatic carbocycles. The van der Waals surface area contributed by atoms with Gasteiger partial charge in [-0.1, -0.05) is 12.1 Å². The average molecular weight is 221 g/mol. The summed E-state index contributed by atoms with van der Waals surface area (Å²) in [6.45, 7) is 4.36. The van der Waals surface area contributed by atoms with Crippen LogP contribution in [0.2, 0.25) is 0 Å². The quantitative estimate of drug-likeness (QED) is 0.851. The van der Waals surface area contributed by atoms with Crippen LogP contribution >= 0.6 is 0 Å². The lowest BCUT2D eigenvalue weighted by Crippen LogP contribution is -2.18. The highest BCUT2D eigenvalue weighted by Crippen LogP contribution is 2.21. The smallest absolute Gasteiger partial charge is 0.407 e. The first-order chi connectivity index (χ1) is 7.65. The summed E-state index contributed by atoms with van der Waals surface area (Å²) in [6.07, 6.45) is -0.187. The largest absolute Gasteiger partial charge is 0.491 e. The molecule has 1 heterocycles. The molecule has 86 valence electrons. The molecule has 4 heteroatoms. The minimum atomic E-state index is -0.354. The topological polar surface area (TPSA) is 47.6 Å². The van der Waals surface area contributed by atoms with E-state index < -0.39 is 0 Å². The molecule has 4 nitrogen and oxygen atoms in total. The Hall–Kier alpha value is -1.71. The Morgan fingerprint density at radius 3 is 2.56 bits per heavy atom. The van der Waals surface area contributed by atoms with E-state index in [0.29, 0.717) is 6.61 Å². The molecular weight excluding hydrogens is 206 g/mol. The van der Waals surface area contributed by atoms with Crippen molar-refractivity contribution >= 4 is 6.09 Å². The van der Waals surface area contributed by atoms with Gasteiger partial charge in [0.1, 0.15) is 12.4 Å². The predicted molar refractivity (Wildman–Crippen MR) is 59.4 cm³/mol. The third-order valence-electron chi connectivity index (χ3n) is 2.33. The van der Waals surface area contributed by atoms with E-state index in [1.165, 1.54) is 0 Å². The number of amides is 1. The third kappa shape index (κ3) is 2.45. The number of rotatable bonds is 3. The number of carbonyl (C=O) groups excluding carboxylic acids is 1. The van der Waals surface area contributed by atoms with Crippen LogP contribution in [-0.4, -0.2) is 18.8 Å². The summed E-state index contributed by atoms with van der Waals surface area (Å²) in [5.74, 6) is 0.837. The highest BCUT2D eigenvalue weighted by atomic mass is 16.6. The Kier molecular flexibility index (Phi) is 2.99. The number of nitrogens with one attached hydrogen (secondary N) is 1. The van der Waals surface area contributed by atoms with Crippen molar-refractivity contribution in [2.24, 2.45) is 0 Å². The molecule has 0 radical (unpaired) electrons. The van der Waals surface area contributed by atoms with E-state index in [2.05, 4.69) is 5.32 Å². The standard InChI is InChI=1S/C12H15NO3/c1-8(2)16-10-5-3-9(4-6-10)11-7-15-12(14)13-11/h3-6,8,11H,7H2,1-2H3,(H,13,14). The second kappa shape index (κ2) is 4.43. The summed E-state index contributed by atoms with van der Waals surface area (Å²) >= 11 is 0. The molecule has 0 spiro atoms. The summed E-state index contributed by atoms with van der Waals surface area (Å²) in [4.78, 5) is 10.9. The van der Waals surface area contributed by atoms with Crippen molar-refractivity contribution in [3.05, 3.63) is 29.8 Å². The predicted octanol–water partition coefficient (Wildman–Crippen LogP) is 2.25. The maximum Gasteiger partial charge on any atom is 0.407 e. The van der Waals surface area contributed by atoms with Gasteiger partial charge in [0.15, 0.2) is 0 Å². The normalized spacial score (nSPS) is 19.4. The summed E-state index contributed by atoms with van der Waals surface area (Å²) in [7, 11) is 0. The van der Waals surface area contributed by atoms with Crippen LogP contribution in [-0.2, 0) is 4.74 Å². The number of hydrogen-bond acceptors (Lipinski definition) is 3. The van der Waals surface area contributed by atoms with E-state index in [-0.39, 0.29) is 18.2 Å². The zero-order valence-corrected chi connectivity index (χ0v) is 9.40. The molecule has 0 aliphatic carbocycles. The summed E-state index contributed by atoms with van der Waals surface area (Å²) in [6, 6.07) is 7.65. The summed E-state index contributed by atoms with van der Waals surface area (Å²) in [5.41, 5.74) is 1.03. The molecule has 0 saturated carbocycles. The average Bonchev–Trinajstić information content (AvgIpc) is 2.65. The Labute approximate surface area is 94.6 Å². The monoisotopic (exact) mass is 221 g/mol. The van der Waals surface area contributed by atoms with Crippen LogP contribution in [0.1, 0.15) is 25.5 Å². The van der Waals surface area contributed by atoms with Crippen LogP contribution in [0.15, 0.2) is 24.3 Å². The van der Waals surface area contributed by atoms with Gasteiger partial charge >= 0.3 is 6.09 Å². The number of carbonyl (C=O) groups is 1. The molecule has 1 fully saturated rings. The van der Waals surface area contributed by atoms with Gasteiger partial charge in [0.25, 0.3) is 0 Å². The highest BCUT2D eigenvalue weighted by Gasteiger charge is 2.23. The van der Waals surface area contributed by atoms with Crippen molar-refractivity contribution in [2.75, 3.05) is 6.61 Å². The zero-order chi connectivity index (χ0) is 11.5. The fourth-order valence-corrected chi connectivity index (χ4v) is 1.62. The molecule has 1 aliphatic rings. The van der Waals surface area contributed by atoms with E-state index in [4.69, 9.17) is 9.47 Å². The van der Waals surface area contributed by atoms with Gasteiger partial charge < -0.3 is 14.8 Å². The molecule has 1 N–H and O–H groups in total. The Morgan fingerprint density at radius 1 is 1.38 bits per heavy atom. The fraction of sp³-hybridized carbons (Fsp3) is 0.417. The maximum atomic E-state index is 10.9. The van der Waals surface area contributed by atoms with Gasteiger partial charge in [0, 0.05) is 0 Å². The van der Waals surface area contributed by atoms with Crippen LogP contribution in [0.4, 0.5) is 4.79 Å². The van der Waals surface area contributed by atoms with E-state index >= 15 is 0 Å². The van der Waals surface area contributed by atoms with Crippen LogP contribution in [0.25, 0.3) is 0 Å². The first-order valence-corrected chi connectivity index (χ1v) is 5.35. The number of ether oxygens (including phenoxy) is 2. The zero-order valence-electron chi connectivity index (χ0n) is 9.40. The van der Waals surface area contributed by atoms with E-state index in [1.807, 2.05) is 38.1 Å². The minimum Gasteiger partial charge on any atom is -0.491 e. The number of hydrogen-bond donors (Lipinski definition) is 1. The Balaban J connectivity index is 2.04. The van der Waals surface area contributed by atoms with Gasteiger partial charge in [-0.2, -0.15) is 0 Å². The van der Waals surface area contributed by atoms with Crippen molar-refractivity contribution in [2.45, 2.75) is 26.0 Å². The number of cyclic esters (lactones) is 1. The van der Waals surface area contributed by atoms with Crippen molar-refractivity contribution in [3.63, 3.8) is 0 Å². The molecule has 0 bridgehead atoms. The van der Waals surface area contributed by atoms with Gasteiger partial charge in [0.05, 0.1) is 12.1 Å². The van der Waals surface area contributed by atoms with Crippen molar-refractivity contribution in [1.82, 2.24) is 5.32 Å². The van der Waals surface area contributed by atoms with Crippen molar-refractivity contribution in [1.29, 1.82) is 0 Å². The van der Waals surface area contributed by atoms with Gasteiger partial charge in [-0.05, 0) is 31.5 Å². The van der Waals surface area contributed by atoms with Gasteiger partial charge in [-0.3, -0.25) is 0 Å². The SMILES string of the molecule is CC(C)Oc1ccc(C2COC(=O)N2)cc1. The first kappa shape index (κ1) is 10.8. The van der Waals surface area contributed by atoms with Gasteiger partial charge in [-0.25, -0.2) is 4.79 Å². The van der Waals surface area contributed by atoms with E-state index in [9.17, 15) is 4.79 Å². The molecule has 16 heavy (non-hydrogen) atoms. The Bertz CT molecular complexity index is 372. The number of alkyl carbamates (subject to hydrolysis) is 1. The second-order valence-corrected chi connectivity index (χ2v) is 4.03. The molecule has 0 aromatic heterocycles. The lowest BCUT2D eigenvalue weighted by atomic mass is 10.1. The molecule has 2 rings (SSSR count). The first-order valence-electron chi connectivity index (χ1n) is 5.35. The molecule has 1 aliphatic heterocycles. The van der Waals surface area contributed by atoms with Gasteiger partial charge in [0.2, 0.25) is 0 Å². The minimum absolute atomic E-state index is 0.0411. The second-order valence-electron chi connectivity index (χ2n) is 4.03. The molecule has 1 unspecified atom stereocenters. The lowest BCUT2D eigenvalue weighted by Gasteiger charge is -2.11. The van der Waals surface area contributed by atoms with Crippen LogP contribution in [0, 0.1) is 0 Å². The van der Waals surface area contributed by atoms with Crippen LogP contribution < -0.4 is 10.1 Å². The maximum absolute atomic E-state index is 10.9. The molecule has 1 amide bonds. The van der Waals surface area contributed by atoms with Crippen LogP contribution in [0.5, 0.6) is 5.75 Å². The third-order valence-corrected chi connectivity index (χ3v) is 2.33. The number of benzene rings is 1. The van der Waals surface area contributed by atoms with E-state index in [0.717, 1.165) is 11.3 Å². The van der Waals surface area contributed by atoms with Crippen molar-refractivity contribution < 1.29 is 14.3 Å². The van der Waals surface area contributed by atoms with Gasteiger partial charge in [-0.15, -0.1) is 0 Å². The summed E-state index contributed by atoms with van der Waals surface area (Å²) in [5, 5.41) is 2.73. The fourth-order valence-electron chi connectivity index (χ4n) is 1.62. The molecule has 1 saturated heterocycles. The summed E-state index contributed by atoms with van der Waals surface area (Å²) < 4.78 is 10.4. The van der Waals surface area contributed by atoms with Crippen molar-refractivity contribution in [3.8, 4) is 5.75 Å². The molecular formula is C12H15NO3. The van der Waals surface area contributed by atoms with E-state index in [1.54, 1.807) is 0 Å². The lowest BCUT2D eigenvalue weighted by molar-refractivity contribution is 0.177. The molecule has 1 atom stereocenters. The Morgan fingerprint density at radius 2 is 2.06 bits per heavy atom. The van der Waals surface area contributed by atoms with Crippen LogP contribution in [0.3, 0.4) is 0 Å². The highest BCUT2D eigenvalue weighted by molar-refractivity contribution is 5.70. The molecule has 1 aromatic rings.